The van der Waals surface area contributed by atoms with Crippen LogP contribution in [0.2, 0.25) is 0 Å². The number of nitrogens with zero attached hydrogens (tertiary/aromatic N) is 3. The van der Waals surface area contributed by atoms with E-state index in [4.69, 9.17) is 10.5 Å². The van der Waals surface area contributed by atoms with E-state index in [1.165, 1.54) is 0 Å². The van der Waals surface area contributed by atoms with Crippen LogP contribution in [0.25, 0.3) is 11.0 Å². The first-order chi connectivity index (χ1) is 10.2. The fourth-order valence-electron chi connectivity index (χ4n) is 2.51. The van der Waals surface area contributed by atoms with Crippen molar-refractivity contribution in [3.63, 3.8) is 0 Å². The number of carbonyl (C=O) groups is 1. The molecule has 2 heterocycles. The lowest BCUT2D eigenvalue weighted by Gasteiger charge is -2.34. The minimum absolute atomic E-state index is 0.0462. The average molecular weight is 286 g/mol. The van der Waals surface area contributed by atoms with Crippen LogP contribution in [0.4, 0.5) is 0 Å². The van der Waals surface area contributed by atoms with E-state index in [0.29, 0.717) is 30.8 Å². The molecule has 0 spiro atoms. The summed E-state index contributed by atoms with van der Waals surface area (Å²) in [6, 6.07) is 5.36. The molecule has 2 N–H and O–H groups in total. The van der Waals surface area contributed by atoms with Gasteiger partial charge in [-0.3, -0.25) is 14.8 Å². The number of hydrogen-bond acceptors (Lipinski definition) is 5. The Morgan fingerprint density at radius 2 is 2.24 bits per heavy atom. The molecule has 21 heavy (non-hydrogen) atoms. The molecule has 0 saturated carbocycles. The van der Waals surface area contributed by atoms with Gasteiger partial charge in [0.1, 0.15) is 5.52 Å². The van der Waals surface area contributed by atoms with Gasteiger partial charge in [0.05, 0.1) is 23.8 Å². The predicted octanol–water partition coefficient (Wildman–Crippen LogP) is 0.818. The lowest BCUT2D eigenvalue weighted by atomic mass is 10.1. The first-order valence-corrected chi connectivity index (χ1v) is 7.03. The number of ether oxygens (including phenoxy) is 1. The van der Waals surface area contributed by atoms with Gasteiger partial charge in [0, 0.05) is 31.5 Å². The Morgan fingerprint density at radius 1 is 1.43 bits per heavy atom. The van der Waals surface area contributed by atoms with Crippen LogP contribution in [0.15, 0.2) is 30.6 Å². The highest BCUT2D eigenvalue weighted by Gasteiger charge is 2.28. The predicted molar refractivity (Wildman–Crippen MR) is 78.8 cm³/mol. The summed E-state index contributed by atoms with van der Waals surface area (Å²) in [5.74, 6) is -0.0462. The first kappa shape index (κ1) is 13.9. The van der Waals surface area contributed by atoms with Gasteiger partial charge in [0.15, 0.2) is 0 Å². The van der Waals surface area contributed by atoms with Crippen LogP contribution in [0.1, 0.15) is 17.3 Å². The maximum Gasteiger partial charge on any atom is 0.256 e. The number of aromatic nitrogens is 2. The molecule has 0 radical (unpaired) electrons. The second-order valence-corrected chi connectivity index (χ2v) is 5.25. The molecule has 1 fully saturated rings. The number of rotatable bonds is 2. The first-order valence-electron chi connectivity index (χ1n) is 7.03. The van der Waals surface area contributed by atoms with Crippen LogP contribution >= 0.6 is 0 Å². The molecule has 6 heteroatoms. The molecule has 1 aliphatic rings. The fourth-order valence-corrected chi connectivity index (χ4v) is 2.51. The zero-order valence-corrected chi connectivity index (χ0v) is 11.9. The van der Waals surface area contributed by atoms with Crippen LogP contribution in [-0.4, -0.2) is 52.6 Å². The van der Waals surface area contributed by atoms with Crippen molar-refractivity contribution in [3.05, 3.63) is 36.2 Å². The van der Waals surface area contributed by atoms with Crippen molar-refractivity contribution in [2.24, 2.45) is 5.73 Å². The maximum atomic E-state index is 12.7. The zero-order valence-electron chi connectivity index (χ0n) is 11.9. The topological polar surface area (TPSA) is 81.3 Å². The fraction of sp³-hybridized carbons (Fsp3) is 0.400. The van der Waals surface area contributed by atoms with Gasteiger partial charge in [-0.05, 0) is 19.1 Å². The van der Waals surface area contributed by atoms with E-state index >= 15 is 0 Å². The van der Waals surface area contributed by atoms with Crippen molar-refractivity contribution in [2.45, 2.75) is 19.1 Å². The highest BCUT2D eigenvalue weighted by atomic mass is 16.5. The van der Waals surface area contributed by atoms with Gasteiger partial charge in [-0.1, -0.05) is 6.07 Å². The Labute approximate surface area is 122 Å². The van der Waals surface area contributed by atoms with Crippen molar-refractivity contribution in [3.8, 4) is 0 Å². The van der Waals surface area contributed by atoms with Gasteiger partial charge in [-0.2, -0.15) is 0 Å². The number of amides is 1. The van der Waals surface area contributed by atoms with Crippen LogP contribution in [0.3, 0.4) is 0 Å². The summed E-state index contributed by atoms with van der Waals surface area (Å²) in [7, 11) is 0. The van der Waals surface area contributed by atoms with E-state index in [2.05, 4.69) is 9.97 Å². The number of nitrogens with two attached hydrogens (primary N) is 1. The zero-order chi connectivity index (χ0) is 14.8. The van der Waals surface area contributed by atoms with Crippen molar-refractivity contribution >= 4 is 16.9 Å². The molecule has 3 rings (SSSR count). The molecule has 6 nitrogen and oxygen atoms in total. The molecule has 0 aliphatic carbocycles. The molecule has 0 bridgehead atoms. The normalized spacial score (nSPS) is 20.5. The summed E-state index contributed by atoms with van der Waals surface area (Å²) in [6.45, 7) is 3.47. The summed E-state index contributed by atoms with van der Waals surface area (Å²) < 4.78 is 5.60. The lowest BCUT2D eigenvalue weighted by Crippen LogP contribution is -2.51. The number of fused-ring (bicyclic) bond motifs is 1. The summed E-state index contributed by atoms with van der Waals surface area (Å²) in [5, 5.41) is 0. The Hall–Kier alpha value is -2.05. The minimum Gasteiger partial charge on any atom is -0.373 e. The van der Waals surface area contributed by atoms with Gasteiger partial charge in [0.2, 0.25) is 0 Å². The molecular weight excluding hydrogens is 268 g/mol. The number of carbonyl (C=O) groups excluding carboxylic acids is 1. The van der Waals surface area contributed by atoms with E-state index < -0.39 is 0 Å². The summed E-state index contributed by atoms with van der Waals surface area (Å²) in [6.07, 6.45) is 3.10. The Morgan fingerprint density at radius 3 is 3.05 bits per heavy atom. The molecule has 110 valence electrons. The number of para-hydroxylation sites is 1. The van der Waals surface area contributed by atoms with Gasteiger partial charge in [-0.25, -0.2) is 0 Å². The quantitative estimate of drug-likeness (QED) is 0.884. The Bertz CT molecular complexity index is 654. The molecule has 1 saturated heterocycles. The smallest absolute Gasteiger partial charge is 0.256 e. The summed E-state index contributed by atoms with van der Waals surface area (Å²) >= 11 is 0. The highest BCUT2D eigenvalue weighted by Crippen LogP contribution is 2.18. The van der Waals surface area contributed by atoms with E-state index in [1.807, 2.05) is 19.1 Å². The number of benzene rings is 1. The van der Waals surface area contributed by atoms with E-state index in [1.54, 1.807) is 23.4 Å². The molecule has 2 aromatic rings. The SMILES string of the molecule is CC(N)C1CN(C(=O)c2cccc3nccnc23)CCO1. The van der Waals surface area contributed by atoms with E-state index in [9.17, 15) is 4.79 Å². The largest absolute Gasteiger partial charge is 0.373 e. The third kappa shape index (κ3) is 2.72. The Balaban J connectivity index is 1.90. The summed E-state index contributed by atoms with van der Waals surface area (Å²) in [5.41, 5.74) is 7.80. The molecule has 1 aromatic carbocycles. The molecule has 1 aromatic heterocycles. The second-order valence-electron chi connectivity index (χ2n) is 5.25. The average Bonchev–Trinajstić information content (AvgIpc) is 2.53. The summed E-state index contributed by atoms with van der Waals surface area (Å²) in [4.78, 5) is 23.0. The van der Waals surface area contributed by atoms with Gasteiger partial charge >= 0.3 is 0 Å². The van der Waals surface area contributed by atoms with Crippen molar-refractivity contribution in [1.82, 2.24) is 14.9 Å². The monoisotopic (exact) mass is 286 g/mol. The van der Waals surface area contributed by atoms with Crippen LogP contribution in [0, 0.1) is 0 Å². The van der Waals surface area contributed by atoms with Gasteiger partial charge in [-0.15, -0.1) is 0 Å². The molecule has 2 unspecified atom stereocenters. The van der Waals surface area contributed by atoms with Crippen molar-refractivity contribution in [2.75, 3.05) is 19.7 Å². The lowest BCUT2D eigenvalue weighted by molar-refractivity contribution is -0.0299. The standard InChI is InChI=1S/C15H18N4O2/c1-10(16)13-9-19(7-8-21-13)15(20)11-3-2-4-12-14(11)18-6-5-17-12/h2-6,10,13H,7-9,16H2,1H3. The minimum atomic E-state index is -0.122. The highest BCUT2D eigenvalue weighted by molar-refractivity contribution is 6.04. The van der Waals surface area contributed by atoms with Crippen LogP contribution in [0.5, 0.6) is 0 Å². The van der Waals surface area contributed by atoms with Crippen LogP contribution in [-0.2, 0) is 4.74 Å². The third-order valence-corrected chi connectivity index (χ3v) is 3.70. The molecule has 2 atom stereocenters. The molecular formula is C15H18N4O2. The Kier molecular flexibility index (Phi) is 3.81. The van der Waals surface area contributed by atoms with E-state index in [0.717, 1.165) is 5.52 Å². The number of morpholine rings is 1. The molecule has 1 aliphatic heterocycles. The van der Waals surface area contributed by atoms with Crippen molar-refractivity contribution < 1.29 is 9.53 Å². The van der Waals surface area contributed by atoms with E-state index in [-0.39, 0.29) is 18.1 Å². The molecule has 1 amide bonds. The van der Waals surface area contributed by atoms with Gasteiger partial charge < -0.3 is 15.4 Å². The van der Waals surface area contributed by atoms with Crippen molar-refractivity contribution in [1.29, 1.82) is 0 Å². The van der Waals surface area contributed by atoms with Crippen LogP contribution < -0.4 is 5.73 Å². The van der Waals surface area contributed by atoms with Gasteiger partial charge in [0.25, 0.3) is 5.91 Å². The maximum absolute atomic E-state index is 12.7. The third-order valence-electron chi connectivity index (χ3n) is 3.70. The second kappa shape index (κ2) is 5.75. The number of hydrogen-bond donors (Lipinski definition) is 1.